The fourth-order valence-electron chi connectivity index (χ4n) is 2.94. The number of aliphatic imine (C=N–C) groups is 1. The molecule has 3 N–H and O–H groups in total. The number of hydrogen-bond acceptors (Lipinski definition) is 3. The minimum atomic E-state index is -0.328. The molecule has 1 amide bonds. The van der Waals surface area contributed by atoms with Gasteiger partial charge in [0.25, 0.3) is 0 Å². The minimum absolute atomic E-state index is 0.128. The lowest BCUT2D eigenvalue weighted by Crippen LogP contribution is -2.44. The number of nitrogens with zero attached hydrogens (tertiary/aromatic N) is 1. The predicted octanol–water partition coefficient (Wildman–Crippen LogP) is 2.97. The van der Waals surface area contributed by atoms with Gasteiger partial charge in [-0.3, -0.25) is 9.79 Å². The van der Waals surface area contributed by atoms with Crippen molar-refractivity contribution >= 4 is 23.6 Å². The van der Waals surface area contributed by atoms with E-state index in [1.54, 1.807) is 19.2 Å². The number of carbonyl (C=O) groups is 1. The second-order valence-electron chi connectivity index (χ2n) is 7.11. The lowest BCUT2D eigenvalue weighted by Gasteiger charge is -2.18. The summed E-state index contributed by atoms with van der Waals surface area (Å²) in [7, 11) is 1.74. The highest BCUT2D eigenvalue weighted by atomic mass is 32.2. The Balaban J connectivity index is 1.34. The number of rotatable bonds is 9. The number of nitrogens with one attached hydrogen (secondary N) is 3. The first-order valence-electron chi connectivity index (χ1n) is 9.78. The molecule has 7 heteroatoms. The Labute approximate surface area is 175 Å². The SMILES string of the molecule is CN=C(NCCNC(=O)Cc1cccc(F)c1)NCC1(Sc2ccccc2)CC1. The molecule has 0 spiro atoms. The molecular weight excluding hydrogens is 387 g/mol. The third-order valence-electron chi connectivity index (χ3n) is 4.68. The van der Waals surface area contributed by atoms with Gasteiger partial charge in [0, 0.05) is 36.3 Å². The van der Waals surface area contributed by atoms with E-state index in [4.69, 9.17) is 0 Å². The molecule has 5 nitrogen and oxygen atoms in total. The Kier molecular flexibility index (Phi) is 7.52. The average molecular weight is 415 g/mol. The van der Waals surface area contributed by atoms with Gasteiger partial charge in [-0.05, 0) is 42.7 Å². The van der Waals surface area contributed by atoms with Crippen molar-refractivity contribution in [3.05, 3.63) is 66.0 Å². The van der Waals surface area contributed by atoms with Crippen LogP contribution in [-0.4, -0.2) is 43.3 Å². The highest BCUT2D eigenvalue weighted by Gasteiger charge is 2.43. The average Bonchev–Trinajstić information content (AvgIpc) is 3.47. The van der Waals surface area contributed by atoms with E-state index in [-0.39, 0.29) is 22.9 Å². The first-order chi connectivity index (χ1) is 14.1. The summed E-state index contributed by atoms with van der Waals surface area (Å²) >= 11 is 1.91. The van der Waals surface area contributed by atoms with Gasteiger partial charge in [-0.1, -0.05) is 30.3 Å². The van der Waals surface area contributed by atoms with Gasteiger partial charge in [0.2, 0.25) is 5.91 Å². The summed E-state index contributed by atoms with van der Waals surface area (Å²) in [6, 6.07) is 16.5. The van der Waals surface area contributed by atoms with Crippen molar-refractivity contribution in [1.29, 1.82) is 0 Å². The monoisotopic (exact) mass is 414 g/mol. The summed E-state index contributed by atoms with van der Waals surface area (Å²) < 4.78 is 13.4. The molecule has 154 valence electrons. The second-order valence-corrected chi connectivity index (χ2v) is 8.65. The van der Waals surface area contributed by atoms with Crippen molar-refractivity contribution in [3.8, 4) is 0 Å². The van der Waals surface area contributed by atoms with Crippen LogP contribution in [0.25, 0.3) is 0 Å². The first-order valence-corrected chi connectivity index (χ1v) is 10.6. The summed E-state index contributed by atoms with van der Waals surface area (Å²) in [5.41, 5.74) is 0.665. The maximum atomic E-state index is 13.2. The molecule has 0 saturated heterocycles. The predicted molar refractivity (Wildman–Crippen MR) is 117 cm³/mol. The van der Waals surface area contributed by atoms with Gasteiger partial charge >= 0.3 is 0 Å². The van der Waals surface area contributed by atoms with Crippen molar-refractivity contribution in [2.24, 2.45) is 4.99 Å². The molecule has 1 saturated carbocycles. The highest BCUT2D eigenvalue weighted by molar-refractivity contribution is 8.01. The van der Waals surface area contributed by atoms with E-state index in [0.717, 1.165) is 12.5 Å². The van der Waals surface area contributed by atoms with E-state index in [9.17, 15) is 9.18 Å². The molecule has 1 aliphatic carbocycles. The largest absolute Gasteiger partial charge is 0.355 e. The van der Waals surface area contributed by atoms with E-state index in [1.165, 1.54) is 29.9 Å². The van der Waals surface area contributed by atoms with Gasteiger partial charge in [0.05, 0.1) is 6.42 Å². The lowest BCUT2D eigenvalue weighted by atomic mass is 10.1. The zero-order chi connectivity index (χ0) is 20.5. The van der Waals surface area contributed by atoms with E-state index in [2.05, 4.69) is 45.2 Å². The van der Waals surface area contributed by atoms with Gasteiger partial charge in [-0.25, -0.2) is 4.39 Å². The van der Waals surface area contributed by atoms with Crippen molar-refractivity contribution in [1.82, 2.24) is 16.0 Å². The van der Waals surface area contributed by atoms with E-state index in [0.29, 0.717) is 18.7 Å². The molecule has 0 atom stereocenters. The van der Waals surface area contributed by atoms with Gasteiger partial charge < -0.3 is 16.0 Å². The molecular formula is C22H27FN4OS. The number of guanidine groups is 1. The molecule has 0 bridgehead atoms. The van der Waals surface area contributed by atoms with Gasteiger partial charge in [0.15, 0.2) is 5.96 Å². The van der Waals surface area contributed by atoms with Crippen LogP contribution in [0.2, 0.25) is 0 Å². The molecule has 1 aliphatic rings. The summed E-state index contributed by atoms with van der Waals surface area (Å²) in [6.45, 7) is 1.88. The van der Waals surface area contributed by atoms with E-state index < -0.39 is 0 Å². The standard InChI is InChI=1S/C22H27FN4OS/c1-24-21(27-16-22(10-11-22)29-19-8-3-2-4-9-19)26-13-12-25-20(28)15-17-6-5-7-18(23)14-17/h2-9,14H,10-13,15-16H2,1H3,(H,25,28)(H2,24,26,27). The molecule has 29 heavy (non-hydrogen) atoms. The fraction of sp³-hybridized carbons (Fsp3) is 0.364. The molecule has 0 unspecified atom stereocenters. The van der Waals surface area contributed by atoms with E-state index in [1.807, 2.05) is 17.8 Å². The van der Waals surface area contributed by atoms with Crippen molar-refractivity contribution in [2.45, 2.75) is 28.9 Å². The van der Waals surface area contributed by atoms with Gasteiger partial charge in [-0.2, -0.15) is 0 Å². The summed E-state index contributed by atoms with van der Waals surface area (Å²) in [4.78, 5) is 17.5. The number of hydrogen-bond donors (Lipinski definition) is 3. The molecule has 0 aliphatic heterocycles. The zero-order valence-corrected chi connectivity index (χ0v) is 17.4. The maximum Gasteiger partial charge on any atom is 0.224 e. The van der Waals surface area contributed by atoms with Crippen molar-refractivity contribution in [3.63, 3.8) is 0 Å². The van der Waals surface area contributed by atoms with Crippen LogP contribution in [0, 0.1) is 5.82 Å². The van der Waals surface area contributed by atoms with Crippen LogP contribution in [0.4, 0.5) is 4.39 Å². The number of thioether (sulfide) groups is 1. The Morgan fingerprint density at radius 2 is 1.83 bits per heavy atom. The number of amides is 1. The Morgan fingerprint density at radius 1 is 1.07 bits per heavy atom. The van der Waals surface area contributed by atoms with Crippen LogP contribution in [-0.2, 0) is 11.2 Å². The van der Waals surface area contributed by atoms with Crippen LogP contribution in [0.5, 0.6) is 0 Å². The molecule has 0 aromatic heterocycles. The third-order valence-corrected chi connectivity index (χ3v) is 6.17. The smallest absolute Gasteiger partial charge is 0.224 e. The minimum Gasteiger partial charge on any atom is -0.355 e. The van der Waals surface area contributed by atoms with Crippen molar-refractivity contribution in [2.75, 3.05) is 26.7 Å². The lowest BCUT2D eigenvalue weighted by molar-refractivity contribution is -0.120. The number of halogens is 1. The molecule has 0 heterocycles. The van der Waals surface area contributed by atoms with Crippen molar-refractivity contribution < 1.29 is 9.18 Å². The van der Waals surface area contributed by atoms with Gasteiger partial charge in [-0.15, -0.1) is 11.8 Å². The number of carbonyl (C=O) groups excluding carboxylic acids is 1. The summed E-state index contributed by atoms with van der Waals surface area (Å²) in [6.07, 6.45) is 2.54. The second kappa shape index (κ2) is 10.3. The summed E-state index contributed by atoms with van der Waals surface area (Å²) in [5.74, 6) is 0.270. The van der Waals surface area contributed by atoms with Crippen LogP contribution in [0.3, 0.4) is 0 Å². The van der Waals surface area contributed by atoms with E-state index >= 15 is 0 Å². The Hall–Kier alpha value is -2.54. The summed E-state index contributed by atoms with van der Waals surface area (Å²) in [5, 5.41) is 9.44. The van der Waals surface area contributed by atoms with Crippen LogP contribution in [0.15, 0.2) is 64.5 Å². The molecule has 1 fully saturated rings. The Bertz CT molecular complexity index is 840. The first kappa shape index (κ1) is 21.2. The topological polar surface area (TPSA) is 65.5 Å². The van der Waals surface area contributed by atoms with Crippen LogP contribution >= 0.6 is 11.8 Å². The molecule has 3 rings (SSSR count). The zero-order valence-electron chi connectivity index (χ0n) is 16.6. The quantitative estimate of drug-likeness (QED) is 0.335. The number of benzene rings is 2. The van der Waals surface area contributed by atoms with Crippen LogP contribution < -0.4 is 16.0 Å². The van der Waals surface area contributed by atoms with Crippen LogP contribution in [0.1, 0.15) is 18.4 Å². The third kappa shape index (κ3) is 7.09. The molecule has 2 aromatic rings. The fourth-order valence-corrected chi connectivity index (χ4v) is 4.18. The van der Waals surface area contributed by atoms with Gasteiger partial charge in [0.1, 0.15) is 5.82 Å². The highest BCUT2D eigenvalue weighted by Crippen LogP contribution is 2.51. The molecule has 2 aromatic carbocycles. The normalized spacial score (nSPS) is 14.9. The Morgan fingerprint density at radius 3 is 2.52 bits per heavy atom. The maximum absolute atomic E-state index is 13.2. The molecule has 0 radical (unpaired) electrons.